The highest BCUT2D eigenvalue weighted by Crippen LogP contribution is 2.36. The summed E-state index contributed by atoms with van der Waals surface area (Å²) in [6, 6.07) is 5.04. The lowest BCUT2D eigenvalue weighted by Gasteiger charge is -2.22. The smallest absolute Gasteiger partial charge is 0.271 e. The largest absolute Gasteiger partial charge is 0.416 e. The number of aryl methyl sites for hydroxylation is 1. The molecule has 0 spiro atoms. The normalized spacial score (nSPS) is 13.2. The van der Waals surface area contributed by atoms with Gasteiger partial charge in [0.15, 0.2) is 0 Å². The molecular weight excluding hydrogens is 303 g/mol. The third-order valence-corrected chi connectivity index (χ3v) is 3.41. The standard InChI is InChI=1S/C14H13ClF3N3/c1-8-6-9(15)2-3-10(8)13(21-19)11-7-20-5-4-12(11)14(16,17)18/h2-7,13,21H,19H2,1H3. The summed E-state index contributed by atoms with van der Waals surface area (Å²) in [5, 5.41) is 0.509. The number of nitrogens with one attached hydrogen (secondary N) is 1. The molecule has 0 amide bonds. The fourth-order valence-corrected chi connectivity index (χ4v) is 2.43. The third kappa shape index (κ3) is 3.34. The van der Waals surface area contributed by atoms with Crippen molar-refractivity contribution >= 4 is 11.6 Å². The number of halogens is 4. The Kier molecular flexibility index (Phi) is 4.51. The van der Waals surface area contributed by atoms with E-state index in [2.05, 4.69) is 10.4 Å². The van der Waals surface area contributed by atoms with E-state index < -0.39 is 17.8 Å². The summed E-state index contributed by atoms with van der Waals surface area (Å²) in [5.74, 6) is 5.48. The molecule has 1 heterocycles. The van der Waals surface area contributed by atoms with Crippen molar-refractivity contribution in [3.8, 4) is 0 Å². The van der Waals surface area contributed by atoms with Crippen molar-refractivity contribution in [2.45, 2.75) is 19.1 Å². The number of benzene rings is 1. The Hall–Kier alpha value is -1.63. The number of alkyl halides is 3. The van der Waals surface area contributed by atoms with Gasteiger partial charge in [-0.3, -0.25) is 10.8 Å². The van der Waals surface area contributed by atoms with Gasteiger partial charge in [-0.05, 0) is 36.2 Å². The van der Waals surface area contributed by atoms with Gasteiger partial charge in [-0.15, -0.1) is 0 Å². The maximum Gasteiger partial charge on any atom is 0.416 e. The first kappa shape index (κ1) is 15.8. The van der Waals surface area contributed by atoms with Crippen molar-refractivity contribution in [1.29, 1.82) is 0 Å². The summed E-state index contributed by atoms with van der Waals surface area (Å²) in [5.41, 5.74) is 2.98. The van der Waals surface area contributed by atoms with Crippen molar-refractivity contribution in [2.24, 2.45) is 5.84 Å². The summed E-state index contributed by atoms with van der Waals surface area (Å²) in [4.78, 5) is 3.78. The van der Waals surface area contributed by atoms with Crippen molar-refractivity contribution < 1.29 is 13.2 Å². The average Bonchev–Trinajstić information content (AvgIpc) is 2.41. The predicted molar refractivity (Wildman–Crippen MR) is 74.6 cm³/mol. The summed E-state index contributed by atoms with van der Waals surface area (Å²) in [7, 11) is 0. The first-order valence-corrected chi connectivity index (χ1v) is 6.45. The van der Waals surface area contributed by atoms with E-state index in [1.165, 1.54) is 6.20 Å². The van der Waals surface area contributed by atoms with Gasteiger partial charge in [-0.2, -0.15) is 13.2 Å². The Labute approximate surface area is 124 Å². The molecule has 0 bridgehead atoms. The Bertz CT molecular complexity index is 644. The van der Waals surface area contributed by atoms with E-state index in [1.807, 2.05) is 0 Å². The minimum absolute atomic E-state index is 0.0297. The van der Waals surface area contributed by atoms with Gasteiger partial charge < -0.3 is 0 Å². The molecule has 112 valence electrons. The second kappa shape index (κ2) is 6.01. The molecule has 1 atom stereocenters. The van der Waals surface area contributed by atoms with E-state index in [0.29, 0.717) is 10.6 Å². The van der Waals surface area contributed by atoms with Crippen LogP contribution in [0, 0.1) is 6.92 Å². The summed E-state index contributed by atoms with van der Waals surface area (Å²) in [6.45, 7) is 1.76. The number of hydrogen-bond acceptors (Lipinski definition) is 3. The highest BCUT2D eigenvalue weighted by Gasteiger charge is 2.35. The topological polar surface area (TPSA) is 50.9 Å². The van der Waals surface area contributed by atoms with Crippen LogP contribution in [-0.2, 0) is 6.18 Å². The average molecular weight is 316 g/mol. The molecule has 0 radical (unpaired) electrons. The van der Waals surface area contributed by atoms with Crippen molar-refractivity contribution in [1.82, 2.24) is 10.4 Å². The summed E-state index contributed by atoms with van der Waals surface area (Å²) in [6.07, 6.45) is -2.20. The van der Waals surface area contributed by atoms with Crippen LogP contribution in [0.4, 0.5) is 13.2 Å². The zero-order valence-corrected chi connectivity index (χ0v) is 11.8. The molecule has 2 aromatic rings. The number of hydrogen-bond donors (Lipinski definition) is 2. The second-order valence-corrected chi connectivity index (χ2v) is 5.00. The highest BCUT2D eigenvalue weighted by molar-refractivity contribution is 6.30. The number of rotatable bonds is 3. The molecule has 1 aromatic heterocycles. The lowest BCUT2D eigenvalue weighted by Crippen LogP contribution is -2.31. The minimum Gasteiger partial charge on any atom is -0.271 e. The van der Waals surface area contributed by atoms with Gasteiger partial charge in [0, 0.05) is 23.0 Å². The molecule has 21 heavy (non-hydrogen) atoms. The molecule has 0 saturated carbocycles. The molecule has 3 nitrogen and oxygen atoms in total. The van der Waals surface area contributed by atoms with Gasteiger partial charge in [0.05, 0.1) is 11.6 Å². The fraction of sp³-hybridized carbons (Fsp3) is 0.214. The fourth-order valence-electron chi connectivity index (χ4n) is 2.20. The first-order valence-electron chi connectivity index (χ1n) is 6.08. The molecule has 1 aromatic carbocycles. The maximum atomic E-state index is 13.1. The van der Waals surface area contributed by atoms with E-state index in [0.717, 1.165) is 17.8 Å². The molecular formula is C14H13ClF3N3. The molecule has 2 rings (SSSR count). The number of hydrazine groups is 1. The van der Waals surface area contributed by atoms with E-state index in [1.54, 1.807) is 25.1 Å². The van der Waals surface area contributed by atoms with Crippen molar-refractivity contribution in [2.75, 3.05) is 0 Å². The Morgan fingerprint density at radius 2 is 1.95 bits per heavy atom. The zero-order chi connectivity index (χ0) is 15.6. The molecule has 0 aliphatic heterocycles. The van der Waals surface area contributed by atoms with Gasteiger partial charge in [0.25, 0.3) is 0 Å². The van der Waals surface area contributed by atoms with Crippen LogP contribution in [-0.4, -0.2) is 4.98 Å². The van der Waals surface area contributed by atoms with Gasteiger partial charge >= 0.3 is 6.18 Å². The minimum atomic E-state index is -4.48. The molecule has 7 heteroatoms. The van der Waals surface area contributed by atoms with Crippen LogP contribution >= 0.6 is 11.6 Å². The van der Waals surface area contributed by atoms with E-state index >= 15 is 0 Å². The monoisotopic (exact) mass is 315 g/mol. The molecule has 0 aliphatic carbocycles. The maximum absolute atomic E-state index is 13.1. The predicted octanol–water partition coefficient (Wildman–Crippen LogP) is 3.61. The summed E-state index contributed by atoms with van der Waals surface area (Å²) >= 11 is 5.87. The molecule has 1 unspecified atom stereocenters. The number of aromatic nitrogens is 1. The molecule has 0 saturated heterocycles. The lowest BCUT2D eigenvalue weighted by atomic mass is 9.93. The second-order valence-electron chi connectivity index (χ2n) is 4.56. The van der Waals surface area contributed by atoms with Crippen molar-refractivity contribution in [3.63, 3.8) is 0 Å². The van der Waals surface area contributed by atoms with Crippen LogP contribution in [0.3, 0.4) is 0 Å². The van der Waals surface area contributed by atoms with Gasteiger partial charge in [-0.25, -0.2) is 5.43 Å². The lowest BCUT2D eigenvalue weighted by molar-refractivity contribution is -0.138. The number of nitrogens with zero attached hydrogens (tertiary/aromatic N) is 1. The first-order chi connectivity index (χ1) is 9.84. The molecule has 3 N–H and O–H groups in total. The SMILES string of the molecule is Cc1cc(Cl)ccc1C(NN)c1cnccc1C(F)(F)F. The van der Waals surface area contributed by atoms with Crippen LogP contribution in [0.5, 0.6) is 0 Å². The van der Waals surface area contributed by atoms with Gasteiger partial charge in [-0.1, -0.05) is 17.7 Å². The van der Waals surface area contributed by atoms with Crippen LogP contribution in [0.15, 0.2) is 36.7 Å². The van der Waals surface area contributed by atoms with Gasteiger partial charge in [0.2, 0.25) is 0 Å². The van der Waals surface area contributed by atoms with Crippen LogP contribution in [0.1, 0.15) is 28.3 Å². The van der Waals surface area contributed by atoms with E-state index in [9.17, 15) is 13.2 Å². The van der Waals surface area contributed by atoms with E-state index in [4.69, 9.17) is 17.4 Å². The van der Waals surface area contributed by atoms with E-state index in [-0.39, 0.29) is 5.56 Å². The molecule has 0 fully saturated rings. The van der Waals surface area contributed by atoms with Crippen LogP contribution in [0.2, 0.25) is 5.02 Å². The molecule has 0 aliphatic rings. The summed E-state index contributed by atoms with van der Waals surface area (Å²) < 4.78 is 39.3. The third-order valence-electron chi connectivity index (χ3n) is 3.18. The number of nitrogens with two attached hydrogens (primary N) is 1. The van der Waals surface area contributed by atoms with Crippen LogP contribution in [0.25, 0.3) is 0 Å². The Morgan fingerprint density at radius 1 is 1.24 bits per heavy atom. The van der Waals surface area contributed by atoms with Crippen LogP contribution < -0.4 is 11.3 Å². The quantitative estimate of drug-likeness (QED) is 0.672. The van der Waals surface area contributed by atoms with Crippen molar-refractivity contribution in [3.05, 3.63) is 63.9 Å². The highest BCUT2D eigenvalue weighted by atomic mass is 35.5. The van der Waals surface area contributed by atoms with Gasteiger partial charge in [0.1, 0.15) is 0 Å². The Balaban J connectivity index is 2.57. The number of pyridine rings is 1. The zero-order valence-electron chi connectivity index (χ0n) is 11.1. The Morgan fingerprint density at radius 3 is 2.52 bits per heavy atom.